The van der Waals surface area contributed by atoms with Crippen molar-refractivity contribution in [3.63, 3.8) is 0 Å². The molecule has 0 bridgehead atoms. The third-order valence-electron chi connectivity index (χ3n) is 7.82. The van der Waals surface area contributed by atoms with Gasteiger partial charge in [0.05, 0.1) is 22.3 Å². The van der Waals surface area contributed by atoms with Crippen LogP contribution in [-0.2, 0) is 4.79 Å². The Morgan fingerprint density at radius 1 is 0.912 bits per heavy atom. The molecule has 3 aliphatic rings. The number of para-hydroxylation sites is 1. The van der Waals surface area contributed by atoms with Gasteiger partial charge in [-0.15, -0.1) is 0 Å². The fourth-order valence-electron chi connectivity index (χ4n) is 5.55. The third-order valence-corrected chi connectivity index (χ3v) is 8.14. The van der Waals surface area contributed by atoms with E-state index in [1.807, 2.05) is 40.0 Å². The number of piperazine rings is 1. The van der Waals surface area contributed by atoms with Gasteiger partial charge in [-0.3, -0.25) is 4.79 Å². The summed E-state index contributed by atoms with van der Waals surface area (Å²) in [6, 6.07) is 7.75. The van der Waals surface area contributed by atoms with Gasteiger partial charge in [0.15, 0.2) is 5.65 Å². The van der Waals surface area contributed by atoms with E-state index in [-0.39, 0.29) is 5.92 Å². The quantitative estimate of drug-likeness (QED) is 0.529. The lowest BCUT2D eigenvalue weighted by Crippen LogP contribution is -2.51. The third kappa shape index (κ3) is 3.94. The minimum Gasteiger partial charge on any atom is -0.352 e. The molecule has 1 amide bonds. The average molecular weight is 479 g/mol. The van der Waals surface area contributed by atoms with Crippen LogP contribution in [0, 0.1) is 5.92 Å². The predicted octanol–water partition coefficient (Wildman–Crippen LogP) is 4.97. The van der Waals surface area contributed by atoms with Crippen LogP contribution in [0.5, 0.6) is 0 Å². The molecule has 178 valence electrons. The molecule has 1 saturated heterocycles. The highest BCUT2D eigenvalue weighted by molar-refractivity contribution is 6.32. The van der Waals surface area contributed by atoms with E-state index in [2.05, 4.69) is 4.90 Å². The molecule has 3 fully saturated rings. The van der Waals surface area contributed by atoms with Crippen molar-refractivity contribution < 1.29 is 4.79 Å². The van der Waals surface area contributed by atoms with Crippen LogP contribution in [0.2, 0.25) is 5.02 Å². The van der Waals surface area contributed by atoms with Gasteiger partial charge in [-0.25, -0.2) is 14.6 Å². The van der Waals surface area contributed by atoms with Crippen molar-refractivity contribution in [1.29, 1.82) is 0 Å². The van der Waals surface area contributed by atoms with E-state index in [4.69, 9.17) is 26.7 Å². The lowest BCUT2D eigenvalue weighted by molar-refractivity contribution is -0.138. The van der Waals surface area contributed by atoms with Crippen molar-refractivity contribution >= 4 is 34.4 Å². The molecule has 3 heterocycles. The molecule has 0 N–H and O–H groups in total. The van der Waals surface area contributed by atoms with Crippen LogP contribution in [0.1, 0.15) is 63.1 Å². The average Bonchev–Trinajstić information content (AvgIpc) is 3.27. The molecule has 1 aliphatic heterocycles. The molecule has 0 atom stereocenters. The highest BCUT2D eigenvalue weighted by Gasteiger charge is 2.32. The number of halogens is 1. The number of hydrogen-bond donors (Lipinski definition) is 0. The first-order valence-corrected chi connectivity index (χ1v) is 13.1. The van der Waals surface area contributed by atoms with Gasteiger partial charge < -0.3 is 9.80 Å². The monoisotopic (exact) mass is 478 g/mol. The fraction of sp³-hybridized carbons (Fsp3) is 0.538. The largest absolute Gasteiger partial charge is 0.352 e. The topological polar surface area (TPSA) is 67.2 Å². The molecule has 3 aromatic rings. The Balaban J connectivity index is 1.36. The van der Waals surface area contributed by atoms with Crippen molar-refractivity contribution in [3.05, 3.63) is 41.3 Å². The Morgan fingerprint density at radius 2 is 1.68 bits per heavy atom. The molecule has 6 rings (SSSR count). The van der Waals surface area contributed by atoms with Gasteiger partial charge in [0.25, 0.3) is 0 Å². The summed E-state index contributed by atoms with van der Waals surface area (Å²) in [5.74, 6) is 2.84. The zero-order valence-electron chi connectivity index (χ0n) is 19.5. The molecular weight excluding hydrogens is 448 g/mol. The standard InChI is InChI=1S/C26H31ClN6O/c27-21-11-4-5-12-22(21)33-25-20(17-28-33)24(29-23(30-25)18-7-2-1-3-8-18)31-13-15-32(16-14-31)26(34)19-9-6-10-19/h4-5,11-12,17-19H,1-3,6-10,13-16H2. The van der Waals surface area contributed by atoms with Crippen molar-refractivity contribution in [2.45, 2.75) is 57.3 Å². The summed E-state index contributed by atoms with van der Waals surface area (Å²) in [6.07, 6.45) is 11.2. The van der Waals surface area contributed by atoms with Crippen molar-refractivity contribution in [2.75, 3.05) is 31.1 Å². The number of amides is 1. The van der Waals surface area contributed by atoms with Crippen LogP contribution in [0.25, 0.3) is 16.7 Å². The van der Waals surface area contributed by atoms with Gasteiger partial charge in [-0.05, 0) is 37.8 Å². The summed E-state index contributed by atoms with van der Waals surface area (Å²) in [7, 11) is 0. The first kappa shape index (κ1) is 21.8. The lowest BCUT2D eigenvalue weighted by Gasteiger charge is -2.39. The normalized spacial score (nSPS) is 20.0. The number of anilines is 1. The molecule has 8 heteroatoms. The molecule has 7 nitrogen and oxygen atoms in total. The van der Waals surface area contributed by atoms with Gasteiger partial charge in [0, 0.05) is 38.0 Å². The summed E-state index contributed by atoms with van der Waals surface area (Å²) < 4.78 is 1.85. The molecule has 0 spiro atoms. The van der Waals surface area contributed by atoms with Gasteiger partial charge >= 0.3 is 0 Å². The zero-order chi connectivity index (χ0) is 23.1. The smallest absolute Gasteiger partial charge is 0.225 e. The number of hydrogen-bond acceptors (Lipinski definition) is 5. The molecule has 1 aromatic carbocycles. The number of carbonyl (C=O) groups is 1. The number of aromatic nitrogens is 4. The zero-order valence-corrected chi connectivity index (χ0v) is 20.3. The van der Waals surface area contributed by atoms with Crippen LogP contribution < -0.4 is 4.90 Å². The lowest BCUT2D eigenvalue weighted by atomic mass is 9.84. The van der Waals surface area contributed by atoms with Crippen molar-refractivity contribution in [2.24, 2.45) is 5.92 Å². The molecular formula is C26H31ClN6O. The van der Waals surface area contributed by atoms with Gasteiger partial charge in [-0.2, -0.15) is 5.10 Å². The highest BCUT2D eigenvalue weighted by atomic mass is 35.5. The molecule has 0 radical (unpaired) electrons. The molecule has 34 heavy (non-hydrogen) atoms. The van der Waals surface area contributed by atoms with Crippen LogP contribution in [0.15, 0.2) is 30.5 Å². The number of benzene rings is 1. The Morgan fingerprint density at radius 3 is 2.38 bits per heavy atom. The van der Waals surface area contributed by atoms with Crippen LogP contribution in [0.3, 0.4) is 0 Å². The number of rotatable bonds is 4. The Labute approximate surface area is 205 Å². The predicted molar refractivity (Wildman–Crippen MR) is 134 cm³/mol. The molecule has 2 aromatic heterocycles. The Hall–Kier alpha value is -2.67. The molecule has 0 unspecified atom stereocenters. The number of nitrogens with zero attached hydrogens (tertiary/aromatic N) is 6. The maximum atomic E-state index is 12.7. The van der Waals surface area contributed by atoms with Gasteiger partial charge in [0.2, 0.25) is 5.91 Å². The van der Waals surface area contributed by atoms with E-state index in [1.165, 1.54) is 25.7 Å². The first-order valence-electron chi connectivity index (χ1n) is 12.7. The van der Waals surface area contributed by atoms with Crippen LogP contribution in [0.4, 0.5) is 5.82 Å². The number of carbonyl (C=O) groups excluding carboxylic acids is 1. The van der Waals surface area contributed by atoms with E-state index in [0.717, 1.165) is 80.2 Å². The van der Waals surface area contributed by atoms with E-state index in [9.17, 15) is 4.79 Å². The highest BCUT2D eigenvalue weighted by Crippen LogP contribution is 2.35. The first-order chi connectivity index (χ1) is 16.7. The minimum absolute atomic E-state index is 0.254. The van der Waals surface area contributed by atoms with E-state index in [0.29, 0.717) is 16.8 Å². The number of fused-ring (bicyclic) bond motifs is 1. The van der Waals surface area contributed by atoms with E-state index < -0.39 is 0 Å². The summed E-state index contributed by atoms with van der Waals surface area (Å²) in [4.78, 5) is 27.3. The van der Waals surface area contributed by atoms with Crippen LogP contribution >= 0.6 is 11.6 Å². The Bertz CT molecular complexity index is 1190. The SMILES string of the molecule is O=C(C1CCC1)N1CCN(c2nc(C3CCCCC3)nc3c2cnn3-c2ccccc2Cl)CC1. The van der Waals surface area contributed by atoms with Gasteiger partial charge in [0.1, 0.15) is 11.6 Å². The second-order valence-electron chi connectivity index (χ2n) is 9.93. The second-order valence-corrected chi connectivity index (χ2v) is 10.3. The maximum absolute atomic E-state index is 12.7. The van der Waals surface area contributed by atoms with Crippen molar-refractivity contribution in [3.8, 4) is 5.69 Å². The van der Waals surface area contributed by atoms with Gasteiger partial charge in [-0.1, -0.05) is 49.4 Å². The fourth-order valence-corrected chi connectivity index (χ4v) is 5.76. The van der Waals surface area contributed by atoms with E-state index >= 15 is 0 Å². The minimum atomic E-state index is 0.254. The van der Waals surface area contributed by atoms with Crippen molar-refractivity contribution in [1.82, 2.24) is 24.6 Å². The molecule has 2 saturated carbocycles. The summed E-state index contributed by atoms with van der Waals surface area (Å²) in [6.45, 7) is 3.06. The summed E-state index contributed by atoms with van der Waals surface area (Å²) >= 11 is 6.53. The summed E-state index contributed by atoms with van der Waals surface area (Å²) in [5, 5.41) is 6.28. The van der Waals surface area contributed by atoms with Crippen LogP contribution in [-0.4, -0.2) is 56.7 Å². The second kappa shape index (κ2) is 9.17. The Kier molecular flexibility index (Phi) is 5.89. The van der Waals surface area contributed by atoms with E-state index in [1.54, 1.807) is 0 Å². The molecule has 2 aliphatic carbocycles. The summed E-state index contributed by atoms with van der Waals surface area (Å²) in [5.41, 5.74) is 1.64. The maximum Gasteiger partial charge on any atom is 0.225 e.